The Morgan fingerprint density at radius 1 is 1.21 bits per heavy atom. The summed E-state index contributed by atoms with van der Waals surface area (Å²) in [6.07, 6.45) is 4.63. The van der Waals surface area contributed by atoms with E-state index in [4.69, 9.17) is 0 Å². The number of hydrogen-bond donors (Lipinski definition) is 0. The van der Waals surface area contributed by atoms with Gasteiger partial charge in [0.15, 0.2) is 0 Å². The van der Waals surface area contributed by atoms with Crippen LogP contribution < -0.4 is 4.31 Å². The molecule has 28 heavy (non-hydrogen) atoms. The van der Waals surface area contributed by atoms with E-state index in [2.05, 4.69) is 16.1 Å². The Bertz CT molecular complexity index is 1110. The highest BCUT2D eigenvalue weighted by Gasteiger charge is 2.22. The van der Waals surface area contributed by atoms with E-state index in [-0.39, 0.29) is 19.0 Å². The number of sulfonamides is 1. The van der Waals surface area contributed by atoms with Gasteiger partial charge in [0.2, 0.25) is 10.0 Å². The van der Waals surface area contributed by atoms with Gasteiger partial charge >= 0.3 is 0 Å². The lowest BCUT2D eigenvalue weighted by atomic mass is 10.1. The van der Waals surface area contributed by atoms with Crippen LogP contribution in [0.4, 0.5) is 10.1 Å². The number of nitrogens with zero attached hydrogens (tertiary/aromatic N) is 3. The first-order valence-corrected chi connectivity index (χ1v) is 10.4. The summed E-state index contributed by atoms with van der Waals surface area (Å²) in [5.41, 5.74) is 4.14. The van der Waals surface area contributed by atoms with Crippen LogP contribution in [-0.4, -0.2) is 24.2 Å². The van der Waals surface area contributed by atoms with Crippen molar-refractivity contribution in [1.82, 2.24) is 9.55 Å². The van der Waals surface area contributed by atoms with Gasteiger partial charge in [-0.15, -0.1) is 19.0 Å². The van der Waals surface area contributed by atoms with E-state index in [1.54, 1.807) is 12.3 Å². The molecule has 8 heteroatoms. The third kappa shape index (κ3) is 4.05. The molecule has 2 aromatic heterocycles. The van der Waals surface area contributed by atoms with Crippen molar-refractivity contribution in [3.63, 3.8) is 0 Å². The maximum Gasteiger partial charge on any atom is 0.232 e. The lowest BCUT2D eigenvalue weighted by Crippen LogP contribution is -2.30. The average molecular weight is 424 g/mol. The predicted molar refractivity (Wildman–Crippen MR) is 114 cm³/mol. The van der Waals surface area contributed by atoms with Crippen molar-refractivity contribution >= 4 is 39.0 Å². The fourth-order valence-corrected chi connectivity index (χ4v) is 4.14. The van der Waals surface area contributed by atoms with Gasteiger partial charge in [-0.25, -0.2) is 12.8 Å². The van der Waals surface area contributed by atoms with Crippen LogP contribution in [0.2, 0.25) is 0 Å². The van der Waals surface area contributed by atoms with Crippen LogP contribution in [0.15, 0.2) is 49.2 Å². The molecular weight excluding hydrogens is 401 g/mol. The van der Waals surface area contributed by atoms with E-state index >= 15 is 0 Å². The van der Waals surface area contributed by atoms with E-state index in [0.29, 0.717) is 17.9 Å². The number of aryl methyl sites for hydroxylation is 1. The molecule has 0 N–H and O–H groups in total. The summed E-state index contributed by atoms with van der Waals surface area (Å²) in [6.45, 7) is 8.54. The summed E-state index contributed by atoms with van der Waals surface area (Å²) >= 11 is 0. The minimum Gasteiger partial charge on any atom is -0.339 e. The highest BCUT2D eigenvalue weighted by Crippen LogP contribution is 2.29. The second-order valence-electron chi connectivity index (χ2n) is 6.51. The summed E-state index contributed by atoms with van der Waals surface area (Å²) in [7, 11) is -3.58. The summed E-state index contributed by atoms with van der Waals surface area (Å²) in [5.74, 6) is -0.418. The minimum atomic E-state index is -3.58. The molecule has 0 aliphatic heterocycles. The lowest BCUT2D eigenvalue weighted by molar-refractivity contribution is 0.595. The highest BCUT2D eigenvalue weighted by molar-refractivity contribution is 7.92. The molecule has 0 unspecified atom stereocenters. The Kier molecular flexibility index (Phi) is 6.52. The number of benzene rings is 1. The molecule has 0 bridgehead atoms. The zero-order chi connectivity index (χ0) is 19.8. The van der Waals surface area contributed by atoms with Crippen molar-refractivity contribution in [2.45, 2.75) is 26.9 Å². The predicted octanol–water partition coefficient (Wildman–Crippen LogP) is 4.37. The monoisotopic (exact) mass is 423 g/mol. The summed E-state index contributed by atoms with van der Waals surface area (Å²) in [5, 5.41) is 1.03. The summed E-state index contributed by atoms with van der Waals surface area (Å²) in [6, 6.07) is 7.33. The Hall–Kier alpha value is -2.38. The zero-order valence-corrected chi connectivity index (χ0v) is 17.6. The molecule has 2 heterocycles. The fraction of sp³-hybridized carbons (Fsp3) is 0.250. The van der Waals surface area contributed by atoms with Crippen molar-refractivity contribution in [3.05, 3.63) is 72.0 Å². The maximum absolute atomic E-state index is 13.3. The van der Waals surface area contributed by atoms with E-state index in [0.717, 1.165) is 28.4 Å². The van der Waals surface area contributed by atoms with E-state index in [1.165, 1.54) is 28.6 Å². The molecule has 150 valence electrons. The molecule has 0 atom stereocenters. The first kappa shape index (κ1) is 21.9. The minimum absolute atomic E-state index is 0. The molecule has 0 fully saturated rings. The second-order valence-corrected chi connectivity index (χ2v) is 8.42. The molecule has 0 spiro atoms. The Morgan fingerprint density at radius 3 is 2.43 bits per heavy atom. The first-order valence-electron chi connectivity index (χ1n) is 8.51. The number of hydrogen-bond acceptors (Lipinski definition) is 3. The van der Waals surface area contributed by atoms with Gasteiger partial charge in [0, 0.05) is 23.8 Å². The van der Waals surface area contributed by atoms with E-state index < -0.39 is 15.8 Å². The molecule has 0 amide bonds. The lowest BCUT2D eigenvalue weighted by Gasteiger charge is -2.23. The van der Waals surface area contributed by atoms with Crippen LogP contribution in [0.5, 0.6) is 0 Å². The van der Waals surface area contributed by atoms with Crippen LogP contribution in [0.3, 0.4) is 0 Å². The van der Waals surface area contributed by atoms with Gasteiger partial charge in [-0.1, -0.05) is 6.08 Å². The van der Waals surface area contributed by atoms with Crippen LogP contribution >= 0.6 is 12.4 Å². The normalized spacial score (nSPS) is 11.3. The number of fused-ring (bicyclic) bond motifs is 1. The maximum atomic E-state index is 13.3. The molecule has 0 saturated heterocycles. The standard InChI is InChI=1S/C20H22FN3O2S.ClH/c1-5-12-23-15(3)14(2)18-10-11-22-19(20(18)23)13-24(27(4,25)26)17-8-6-16(21)7-9-17;/h5-11H,1,12-13H2,2-4H3;1H. The number of pyridine rings is 1. The fourth-order valence-electron chi connectivity index (χ4n) is 3.28. The van der Waals surface area contributed by atoms with Gasteiger partial charge in [0.05, 0.1) is 29.7 Å². The van der Waals surface area contributed by atoms with Crippen molar-refractivity contribution in [1.29, 1.82) is 0 Å². The third-order valence-corrected chi connectivity index (χ3v) is 5.88. The SMILES string of the molecule is C=CCn1c(C)c(C)c2ccnc(CN(c3ccc(F)cc3)S(C)(=O)=O)c21.Cl. The molecule has 0 saturated carbocycles. The van der Waals surface area contributed by atoms with E-state index in [9.17, 15) is 12.8 Å². The van der Waals surface area contributed by atoms with Crippen molar-refractivity contribution in [2.75, 3.05) is 10.6 Å². The Morgan fingerprint density at radius 2 is 1.86 bits per heavy atom. The number of allylic oxidation sites excluding steroid dienone is 1. The van der Waals surface area contributed by atoms with Gasteiger partial charge in [0.25, 0.3) is 0 Å². The van der Waals surface area contributed by atoms with Crippen molar-refractivity contribution < 1.29 is 12.8 Å². The molecule has 1 aromatic carbocycles. The van der Waals surface area contributed by atoms with E-state index in [1.807, 2.05) is 19.9 Å². The number of aromatic nitrogens is 2. The van der Waals surface area contributed by atoms with Gasteiger partial charge in [0.1, 0.15) is 5.82 Å². The highest BCUT2D eigenvalue weighted by atomic mass is 35.5. The molecule has 3 rings (SSSR count). The van der Waals surface area contributed by atoms with Gasteiger partial charge in [-0.05, 0) is 49.7 Å². The first-order chi connectivity index (χ1) is 12.7. The molecular formula is C20H23ClFN3O2S. The molecule has 0 aliphatic carbocycles. The average Bonchev–Trinajstić information content (AvgIpc) is 2.86. The van der Waals surface area contributed by atoms with Gasteiger partial charge < -0.3 is 4.57 Å². The molecule has 5 nitrogen and oxygen atoms in total. The molecule has 0 aliphatic rings. The zero-order valence-electron chi connectivity index (χ0n) is 16.0. The van der Waals surface area contributed by atoms with Crippen LogP contribution in [-0.2, 0) is 23.1 Å². The van der Waals surface area contributed by atoms with Crippen LogP contribution in [0, 0.1) is 19.7 Å². The number of rotatable bonds is 6. The van der Waals surface area contributed by atoms with Crippen molar-refractivity contribution in [2.24, 2.45) is 0 Å². The van der Waals surface area contributed by atoms with Gasteiger partial charge in [-0.3, -0.25) is 9.29 Å². The summed E-state index contributed by atoms with van der Waals surface area (Å²) < 4.78 is 41.4. The van der Waals surface area contributed by atoms with Crippen molar-refractivity contribution in [3.8, 4) is 0 Å². The van der Waals surface area contributed by atoms with Gasteiger partial charge in [-0.2, -0.15) is 0 Å². The molecule has 0 radical (unpaired) electrons. The quantitative estimate of drug-likeness (QED) is 0.553. The summed E-state index contributed by atoms with van der Waals surface area (Å²) in [4.78, 5) is 4.47. The Labute approximate surface area is 171 Å². The third-order valence-electron chi connectivity index (χ3n) is 4.74. The molecule has 3 aromatic rings. The Balaban J connectivity index is 0.00000280. The number of halogens is 2. The van der Waals surface area contributed by atoms with Crippen LogP contribution in [0.1, 0.15) is 17.0 Å². The number of anilines is 1. The smallest absolute Gasteiger partial charge is 0.232 e. The topological polar surface area (TPSA) is 55.2 Å². The largest absolute Gasteiger partial charge is 0.339 e. The second kappa shape index (κ2) is 8.32. The van der Waals surface area contributed by atoms with Crippen LogP contribution in [0.25, 0.3) is 10.9 Å².